The Hall–Kier alpha value is -2.57. The Morgan fingerprint density at radius 2 is 2.00 bits per heavy atom. The predicted octanol–water partition coefficient (Wildman–Crippen LogP) is 0.435. The highest BCUT2D eigenvalue weighted by Crippen LogP contribution is 2.47. The van der Waals surface area contributed by atoms with E-state index in [-0.39, 0.29) is 23.9 Å². The van der Waals surface area contributed by atoms with Crippen molar-refractivity contribution < 1.29 is 9.59 Å². The molecule has 3 rings (SSSR count). The van der Waals surface area contributed by atoms with E-state index in [1.54, 1.807) is 7.05 Å². The standard InChI is InChI=1S/C17H23N5O2/c1-18-15(19-9-10-22-14(23)11-20-16(22)24)21-12-17(7-8-17)13-5-3-2-4-6-13/h2-6H,7-12H2,1H3,(H,20,24)(H2,18,19,21). The number of imide groups is 1. The van der Waals surface area contributed by atoms with Gasteiger partial charge in [-0.2, -0.15) is 0 Å². The molecule has 1 aliphatic heterocycles. The number of nitrogens with zero attached hydrogens (tertiary/aromatic N) is 2. The van der Waals surface area contributed by atoms with Gasteiger partial charge in [0.05, 0.1) is 6.54 Å². The first-order valence-corrected chi connectivity index (χ1v) is 8.23. The van der Waals surface area contributed by atoms with Gasteiger partial charge in [0.2, 0.25) is 5.91 Å². The molecule has 128 valence electrons. The van der Waals surface area contributed by atoms with Crippen LogP contribution in [0.4, 0.5) is 4.79 Å². The maximum Gasteiger partial charge on any atom is 0.324 e. The maximum absolute atomic E-state index is 11.5. The summed E-state index contributed by atoms with van der Waals surface area (Å²) in [4.78, 5) is 28.4. The lowest BCUT2D eigenvalue weighted by Gasteiger charge is -2.20. The number of hydrogen-bond acceptors (Lipinski definition) is 3. The number of carbonyl (C=O) groups excluding carboxylic acids is 2. The maximum atomic E-state index is 11.5. The van der Waals surface area contributed by atoms with Crippen LogP contribution in [0.15, 0.2) is 35.3 Å². The molecular formula is C17H23N5O2. The molecule has 0 spiro atoms. The van der Waals surface area contributed by atoms with E-state index in [1.165, 1.54) is 23.3 Å². The summed E-state index contributed by atoms with van der Waals surface area (Å²) >= 11 is 0. The van der Waals surface area contributed by atoms with E-state index in [0.717, 1.165) is 6.54 Å². The molecule has 0 radical (unpaired) electrons. The van der Waals surface area contributed by atoms with Crippen molar-refractivity contribution in [2.45, 2.75) is 18.3 Å². The number of urea groups is 1. The van der Waals surface area contributed by atoms with Gasteiger partial charge in [0, 0.05) is 32.1 Å². The van der Waals surface area contributed by atoms with E-state index in [0.29, 0.717) is 19.0 Å². The summed E-state index contributed by atoms with van der Waals surface area (Å²) in [6, 6.07) is 10.2. The second kappa shape index (κ2) is 6.90. The summed E-state index contributed by atoms with van der Waals surface area (Å²) < 4.78 is 0. The van der Waals surface area contributed by atoms with Gasteiger partial charge in [-0.1, -0.05) is 30.3 Å². The Morgan fingerprint density at radius 1 is 1.25 bits per heavy atom. The lowest BCUT2D eigenvalue weighted by molar-refractivity contribution is -0.124. The second-order valence-corrected chi connectivity index (χ2v) is 6.20. The number of amides is 3. The van der Waals surface area contributed by atoms with Crippen LogP contribution in [-0.4, -0.2) is 56.0 Å². The number of guanidine groups is 1. The summed E-state index contributed by atoms with van der Waals surface area (Å²) in [5, 5.41) is 9.01. The van der Waals surface area contributed by atoms with E-state index in [1.807, 2.05) is 6.07 Å². The summed E-state index contributed by atoms with van der Waals surface area (Å²) in [6.45, 7) is 1.71. The van der Waals surface area contributed by atoms with Crippen LogP contribution in [0.1, 0.15) is 18.4 Å². The molecule has 1 aliphatic carbocycles. The third-order valence-corrected chi connectivity index (χ3v) is 4.62. The summed E-state index contributed by atoms with van der Waals surface area (Å²) in [5.74, 6) is 0.495. The van der Waals surface area contributed by atoms with E-state index in [2.05, 4.69) is 45.2 Å². The van der Waals surface area contributed by atoms with Crippen molar-refractivity contribution in [2.75, 3.05) is 33.2 Å². The molecule has 1 aromatic rings. The van der Waals surface area contributed by atoms with Gasteiger partial charge in [-0.3, -0.25) is 14.7 Å². The fourth-order valence-corrected chi connectivity index (χ4v) is 2.95. The van der Waals surface area contributed by atoms with Gasteiger partial charge in [0.15, 0.2) is 5.96 Å². The minimum atomic E-state index is -0.328. The molecule has 1 saturated carbocycles. The van der Waals surface area contributed by atoms with Crippen molar-refractivity contribution in [3.8, 4) is 0 Å². The van der Waals surface area contributed by atoms with Crippen molar-refractivity contribution in [2.24, 2.45) is 4.99 Å². The van der Waals surface area contributed by atoms with Gasteiger partial charge < -0.3 is 16.0 Å². The van der Waals surface area contributed by atoms with Crippen molar-refractivity contribution in [3.05, 3.63) is 35.9 Å². The van der Waals surface area contributed by atoms with E-state index >= 15 is 0 Å². The Morgan fingerprint density at radius 3 is 2.58 bits per heavy atom. The van der Waals surface area contributed by atoms with Crippen LogP contribution in [-0.2, 0) is 10.2 Å². The SMILES string of the molecule is CN=C(NCCN1C(=O)CNC1=O)NCC1(c2ccccc2)CC1. The van der Waals surface area contributed by atoms with Crippen molar-refractivity contribution >= 4 is 17.9 Å². The normalized spacial score (nSPS) is 19.2. The lowest BCUT2D eigenvalue weighted by atomic mass is 9.96. The van der Waals surface area contributed by atoms with Crippen LogP contribution in [0.2, 0.25) is 0 Å². The molecule has 2 fully saturated rings. The minimum Gasteiger partial charge on any atom is -0.356 e. The van der Waals surface area contributed by atoms with Crippen molar-refractivity contribution in [1.29, 1.82) is 0 Å². The van der Waals surface area contributed by atoms with Crippen LogP contribution in [0.25, 0.3) is 0 Å². The monoisotopic (exact) mass is 329 g/mol. The Balaban J connectivity index is 1.46. The molecular weight excluding hydrogens is 306 g/mol. The second-order valence-electron chi connectivity index (χ2n) is 6.20. The quantitative estimate of drug-likeness (QED) is 0.401. The molecule has 3 N–H and O–H groups in total. The van der Waals surface area contributed by atoms with Gasteiger partial charge in [0.1, 0.15) is 0 Å². The van der Waals surface area contributed by atoms with Gasteiger partial charge in [-0.25, -0.2) is 4.79 Å². The van der Waals surface area contributed by atoms with Gasteiger partial charge in [-0.15, -0.1) is 0 Å². The Kier molecular flexibility index (Phi) is 4.69. The van der Waals surface area contributed by atoms with Crippen LogP contribution in [0, 0.1) is 0 Å². The molecule has 7 nitrogen and oxygen atoms in total. The zero-order valence-corrected chi connectivity index (χ0v) is 13.8. The molecule has 0 aromatic heterocycles. The highest BCUT2D eigenvalue weighted by atomic mass is 16.2. The molecule has 1 aromatic carbocycles. The average molecular weight is 329 g/mol. The average Bonchev–Trinajstić information content (AvgIpc) is 3.34. The number of benzene rings is 1. The largest absolute Gasteiger partial charge is 0.356 e. The highest BCUT2D eigenvalue weighted by molar-refractivity contribution is 6.01. The highest BCUT2D eigenvalue weighted by Gasteiger charge is 2.44. The number of nitrogens with one attached hydrogen (secondary N) is 3. The van der Waals surface area contributed by atoms with Crippen LogP contribution in [0.3, 0.4) is 0 Å². The number of rotatable bonds is 6. The zero-order chi connectivity index (χ0) is 17.0. The fraction of sp³-hybridized carbons (Fsp3) is 0.471. The van der Waals surface area contributed by atoms with E-state index in [9.17, 15) is 9.59 Å². The first-order chi connectivity index (χ1) is 11.6. The summed E-state index contributed by atoms with van der Waals surface area (Å²) in [5.41, 5.74) is 1.55. The topological polar surface area (TPSA) is 85.8 Å². The molecule has 0 atom stereocenters. The molecule has 0 bridgehead atoms. The van der Waals surface area contributed by atoms with Crippen molar-refractivity contribution in [1.82, 2.24) is 20.9 Å². The molecule has 3 amide bonds. The Bertz CT molecular complexity index is 624. The number of aliphatic imine (C=N–C) groups is 1. The van der Waals surface area contributed by atoms with Gasteiger partial charge in [0.25, 0.3) is 0 Å². The van der Waals surface area contributed by atoms with Crippen LogP contribution in [0.5, 0.6) is 0 Å². The first kappa shape index (κ1) is 16.3. The number of carbonyl (C=O) groups is 2. The van der Waals surface area contributed by atoms with Gasteiger partial charge >= 0.3 is 6.03 Å². The van der Waals surface area contributed by atoms with Crippen molar-refractivity contribution in [3.63, 3.8) is 0 Å². The van der Waals surface area contributed by atoms with Crippen LogP contribution >= 0.6 is 0 Å². The smallest absolute Gasteiger partial charge is 0.324 e. The summed E-state index contributed by atoms with van der Waals surface area (Å²) in [6.07, 6.45) is 2.34. The molecule has 24 heavy (non-hydrogen) atoms. The van der Waals surface area contributed by atoms with E-state index in [4.69, 9.17) is 0 Å². The third-order valence-electron chi connectivity index (χ3n) is 4.62. The number of hydrogen-bond donors (Lipinski definition) is 3. The molecule has 0 unspecified atom stereocenters. The summed E-state index contributed by atoms with van der Waals surface area (Å²) in [7, 11) is 1.71. The fourth-order valence-electron chi connectivity index (χ4n) is 2.95. The lowest BCUT2D eigenvalue weighted by Crippen LogP contribution is -2.45. The third kappa shape index (κ3) is 3.50. The predicted molar refractivity (Wildman–Crippen MR) is 91.8 cm³/mol. The molecule has 1 heterocycles. The minimum absolute atomic E-state index is 0.0887. The Labute approximate surface area is 141 Å². The molecule has 1 saturated heterocycles. The van der Waals surface area contributed by atoms with Crippen LogP contribution < -0.4 is 16.0 Å². The van der Waals surface area contributed by atoms with E-state index < -0.39 is 0 Å². The molecule has 2 aliphatic rings. The first-order valence-electron chi connectivity index (χ1n) is 8.23. The van der Waals surface area contributed by atoms with Gasteiger partial charge in [-0.05, 0) is 18.4 Å². The zero-order valence-electron chi connectivity index (χ0n) is 13.8. The molecule has 7 heteroatoms.